The highest BCUT2D eigenvalue weighted by Gasteiger charge is 2.26. The Morgan fingerprint density at radius 3 is 2.89 bits per heavy atom. The molecule has 1 aliphatic heterocycles. The maximum Gasteiger partial charge on any atom is 0.291 e. The summed E-state index contributed by atoms with van der Waals surface area (Å²) < 4.78 is 3.18. The van der Waals surface area contributed by atoms with Gasteiger partial charge < -0.3 is 9.88 Å². The van der Waals surface area contributed by atoms with E-state index in [9.17, 15) is 9.59 Å². The number of fused-ring (bicyclic) bond motifs is 3. The third kappa shape index (κ3) is 2.99. The minimum atomic E-state index is -0.492. The summed E-state index contributed by atoms with van der Waals surface area (Å²) in [4.78, 5) is 28.2. The predicted molar refractivity (Wildman–Crippen MR) is 110 cm³/mol. The number of hydrogen-bond acceptors (Lipinski definition) is 4. The Bertz CT molecular complexity index is 1080. The normalized spacial score (nSPS) is 18.8. The predicted octanol–water partition coefficient (Wildman–Crippen LogP) is 2.05. The van der Waals surface area contributed by atoms with E-state index in [0.29, 0.717) is 18.1 Å². The number of nitrogens with one attached hydrogen (secondary N) is 1. The van der Waals surface area contributed by atoms with E-state index in [1.54, 1.807) is 13.2 Å². The van der Waals surface area contributed by atoms with Crippen molar-refractivity contribution in [2.45, 2.75) is 38.8 Å². The van der Waals surface area contributed by atoms with Crippen molar-refractivity contribution in [3.63, 3.8) is 0 Å². The van der Waals surface area contributed by atoms with Crippen molar-refractivity contribution in [1.29, 1.82) is 0 Å². The van der Waals surface area contributed by atoms with Crippen LogP contribution in [0.4, 0.5) is 0 Å². The Hall–Kier alpha value is -2.67. The Balaban J connectivity index is 1.70. The molecule has 1 aromatic carbocycles. The van der Waals surface area contributed by atoms with Crippen LogP contribution in [0.3, 0.4) is 0 Å². The van der Waals surface area contributed by atoms with Gasteiger partial charge in [0.25, 0.3) is 5.56 Å². The zero-order valence-corrected chi connectivity index (χ0v) is 16.7. The van der Waals surface area contributed by atoms with Crippen LogP contribution in [0.1, 0.15) is 32.7 Å². The lowest BCUT2D eigenvalue weighted by molar-refractivity contribution is -0.123. The van der Waals surface area contributed by atoms with Gasteiger partial charge in [-0.15, -0.1) is 0 Å². The number of likely N-dealkylation sites (tertiary alicyclic amines) is 1. The standard InChI is InChI=1S/C21H27N5O2/c1-4-25-11-7-8-15(25)12-22-20(27)14(2)26-18-10-6-5-9-16(18)17-13-23-24(3)21(28)19(17)26/h5-6,9-10,13-15H,4,7-8,11-12H2,1-3H3,(H,22,27)/t14-,15-/m0/s1. The number of nitrogens with zero attached hydrogens (tertiary/aromatic N) is 4. The number of carbonyl (C=O) groups excluding carboxylic acids is 1. The van der Waals surface area contributed by atoms with Gasteiger partial charge in [-0.1, -0.05) is 25.1 Å². The first-order chi connectivity index (χ1) is 13.5. The fourth-order valence-corrected chi connectivity index (χ4v) is 4.42. The van der Waals surface area contributed by atoms with Crippen molar-refractivity contribution in [1.82, 2.24) is 24.6 Å². The molecule has 0 bridgehead atoms. The second-order valence-corrected chi connectivity index (χ2v) is 7.57. The largest absolute Gasteiger partial charge is 0.353 e. The van der Waals surface area contributed by atoms with Gasteiger partial charge >= 0.3 is 0 Å². The lowest BCUT2D eigenvalue weighted by atomic mass is 10.2. The minimum Gasteiger partial charge on any atom is -0.353 e. The molecule has 1 saturated heterocycles. The van der Waals surface area contributed by atoms with Crippen LogP contribution in [0.2, 0.25) is 0 Å². The van der Waals surface area contributed by atoms with E-state index in [1.165, 1.54) is 11.1 Å². The molecule has 0 aliphatic carbocycles. The van der Waals surface area contributed by atoms with Crippen LogP contribution in [-0.2, 0) is 11.8 Å². The van der Waals surface area contributed by atoms with Crippen LogP contribution in [0.15, 0.2) is 35.3 Å². The fourth-order valence-electron chi connectivity index (χ4n) is 4.42. The molecule has 3 aromatic rings. The zero-order valence-electron chi connectivity index (χ0n) is 16.7. The molecular weight excluding hydrogens is 354 g/mol. The number of benzene rings is 1. The van der Waals surface area contributed by atoms with Gasteiger partial charge in [0.1, 0.15) is 11.6 Å². The monoisotopic (exact) mass is 381 g/mol. The average Bonchev–Trinajstić information content (AvgIpc) is 3.30. The molecular formula is C21H27N5O2. The average molecular weight is 381 g/mol. The molecule has 1 aliphatic rings. The van der Waals surface area contributed by atoms with Crippen LogP contribution >= 0.6 is 0 Å². The van der Waals surface area contributed by atoms with Crippen molar-refractivity contribution in [2.75, 3.05) is 19.6 Å². The molecule has 1 N–H and O–H groups in total. The van der Waals surface area contributed by atoms with Crippen molar-refractivity contribution in [2.24, 2.45) is 7.05 Å². The van der Waals surface area contributed by atoms with Gasteiger partial charge in [0, 0.05) is 30.4 Å². The maximum atomic E-state index is 13.0. The summed E-state index contributed by atoms with van der Waals surface area (Å²) in [6.45, 7) is 6.76. The Morgan fingerprint density at radius 1 is 1.32 bits per heavy atom. The molecule has 0 radical (unpaired) electrons. The van der Waals surface area contributed by atoms with E-state index in [4.69, 9.17) is 0 Å². The van der Waals surface area contributed by atoms with Crippen LogP contribution in [0.5, 0.6) is 0 Å². The van der Waals surface area contributed by atoms with Gasteiger partial charge in [0.15, 0.2) is 0 Å². The van der Waals surface area contributed by atoms with Crippen LogP contribution in [-0.4, -0.2) is 50.8 Å². The summed E-state index contributed by atoms with van der Waals surface area (Å²) in [5, 5.41) is 9.00. The molecule has 1 fully saturated rings. The molecule has 1 amide bonds. The number of likely N-dealkylation sites (N-methyl/N-ethyl adjacent to an activating group) is 1. The number of carbonyl (C=O) groups is 1. The van der Waals surface area contributed by atoms with E-state index in [1.807, 2.05) is 35.8 Å². The Labute approximate surface area is 163 Å². The molecule has 0 spiro atoms. The third-order valence-corrected chi connectivity index (χ3v) is 5.99. The first kappa shape index (κ1) is 18.7. The third-order valence-electron chi connectivity index (χ3n) is 5.99. The van der Waals surface area contributed by atoms with Crippen molar-refractivity contribution >= 4 is 27.7 Å². The van der Waals surface area contributed by atoms with Gasteiger partial charge in [-0.25, -0.2) is 4.68 Å². The van der Waals surface area contributed by atoms with Gasteiger partial charge in [-0.3, -0.25) is 14.5 Å². The van der Waals surface area contributed by atoms with Crippen LogP contribution in [0, 0.1) is 0 Å². The number of aryl methyl sites for hydroxylation is 1. The summed E-state index contributed by atoms with van der Waals surface area (Å²) in [6.07, 6.45) is 4.00. The first-order valence-electron chi connectivity index (χ1n) is 9.99. The molecule has 7 heteroatoms. The second-order valence-electron chi connectivity index (χ2n) is 7.57. The minimum absolute atomic E-state index is 0.0653. The molecule has 0 saturated carbocycles. The second kappa shape index (κ2) is 7.39. The van der Waals surface area contributed by atoms with Crippen molar-refractivity contribution < 1.29 is 4.79 Å². The molecule has 2 atom stereocenters. The van der Waals surface area contributed by atoms with Gasteiger partial charge in [-0.05, 0) is 38.9 Å². The topological polar surface area (TPSA) is 72.2 Å². The highest BCUT2D eigenvalue weighted by atomic mass is 16.2. The highest BCUT2D eigenvalue weighted by molar-refractivity contribution is 6.08. The van der Waals surface area contributed by atoms with Crippen molar-refractivity contribution in [3.8, 4) is 0 Å². The molecule has 28 heavy (non-hydrogen) atoms. The van der Waals surface area contributed by atoms with E-state index < -0.39 is 6.04 Å². The lowest BCUT2D eigenvalue weighted by Crippen LogP contribution is -2.42. The lowest BCUT2D eigenvalue weighted by Gasteiger charge is -2.24. The van der Waals surface area contributed by atoms with E-state index >= 15 is 0 Å². The van der Waals surface area contributed by atoms with E-state index in [2.05, 4.69) is 22.2 Å². The van der Waals surface area contributed by atoms with Gasteiger partial charge in [-0.2, -0.15) is 5.10 Å². The van der Waals surface area contributed by atoms with Gasteiger partial charge in [0.2, 0.25) is 5.91 Å². The molecule has 4 rings (SSSR count). The fraction of sp³-hybridized carbons (Fsp3) is 0.476. The summed E-state index contributed by atoms with van der Waals surface area (Å²) in [6, 6.07) is 7.70. The summed E-state index contributed by atoms with van der Waals surface area (Å²) in [5.41, 5.74) is 1.21. The quantitative estimate of drug-likeness (QED) is 0.734. The number of aromatic nitrogens is 3. The smallest absolute Gasteiger partial charge is 0.291 e. The summed E-state index contributed by atoms with van der Waals surface area (Å²) in [7, 11) is 1.63. The SMILES string of the molecule is CCN1CCC[C@H]1CNC(=O)[C@H](C)n1c2ccccc2c2cnn(C)c(=O)c21. The zero-order chi connectivity index (χ0) is 19.8. The summed E-state index contributed by atoms with van der Waals surface area (Å²) in [5.74, 6) is -0.0653. The molecule has 3 heterocycles. The highest BCUT2D eigenvalue weighted by Crippen LogP contribution is 2.29. The number of hydrogen-bond donors (Lipinski definition) is 1. The van der Waals surface area contributed by atoms with Gasteiger partial charge in [0.05, 0.1) is 11.7 Å². The molecule has 0 unspecified atom stereocenters. The molecule has 2 aromatic heterocycles. The Morgan fingerprint density at radius 2 is 2.11 bits per heavy atom. The number of amides is 1. The number of para-hydroxylation sites is 1. The van der Waals surface area contributed by atoms with Crippen LogP contribution in [0.25, 0.3) is 21.8 Å². The Kier molecular flexibility index (Phi) is 4.93. The maximum absolute atomic E-state index is 13.0. The van der Waals surface area contributed by atoms with E-state index in [-0.39, 0.29) is 11.5 Å². The first-order valence-corrected chi connectivity index (χ1v) is 9.99. The summed E-state index contributed by atoms with van der Waals surface area (Å²) >= 11 is 0. The number of rotatable bonds is 5. The molecule has 148 valence electrons. The van der Waals surface area contributed by atoms with Crippen molar-refractivity contribution in [3.05, 3.63) is 40.8 Å². The van der Waals surface area contributed by atoms with E-state index in [0.717, 1.165) is 35.8 Å². The molecule has 7 nitrogen and oxygen atoms in total. The van der Waals surface area contributed by atoms with Crippen LogP contribution < -0.4 is 10.9 Å².